The Morgan fingerprint density at radius 1 is 1.27 bits per heavy atom. The molecule has 0 fully saturated rings. The number of nitrogens with zero attached hydrogens (tertiary/aromatic N) is 1. The van der Waals surface area contributed by atoms with E-state index in [1.54, 1.807) is 7.11 Å². The number of thioether (sulfide) groups is 1. The van der Waals surface area contributed by atoms with Gasteiger partial charge in [0.2, 0.25) is 0 Å². The number of aliphatic imine (C=N–C) groups is 1. The van der Waals surface area contributed by atoms with Crippen LogP contribution in [0, 0.1) is 0 Å². The minimum atomic E-state index is 0.158. The van der Waals surface area contributed by atoms with E-state index in [9.17, 15) is 0 Å². The normalized spacial score (nSPS) is 12.1. The SMILES string of the molecule is CCNC(=NCC(C)(C)SC)NCCc1ccccc1OC. The third-order valence-electron chi connectivity index (χ3n) is 3.39. The fraction of sp³-hybridized carbons (Fsp3) is 0.588. The maximum Gasteiger partial charge on any atom is 0.191 e. The lowest BCUT2D eigenvalue weighted by molar-refractivity contribution is 0.409. The van der Waals surface area contributed by atoms with Crippen LogP contribution in [0.5, 0.6) is 5.75 Å². The number of ether oxygens (including phenoxy) is 1. The molecule has 124 valence electrons. The number of benzene rings is 1. The molecule has 0 amide bonds. The van der Waals surface area contributed by atoms with Gasteiger partial charge in [-0.3, -0.25) is 4.99 Å². The van der Waals surface area contributed by atoms with Gasteiger partial charge in [0.05, 0.1) is 13.7 Å². The Bertz CT molecular complexity index is 475. The molecule has 0 atom stereocenters. The molecule has 22 heavy (non-hydrogen) atoms. The highest BCUT2D eigenvalue weighted by Gasteiger charge is 2.15. The largest absolute Gasteiger partial charge is 0.496 e. The summed E-state index contributed by atoms with van der Waals surface area (Å²) < 4.78 is 5.54. The van der Waals surface area contributed by atoms with E-state index in [0.29, 0.717) is 0 Å². The molecule has 0 saturated heterocycles. The predicted molar refractivity (Wildman–Crippen MR) is 98.3 cm³/mol. The number of guanidine groups is 1. The topological polar surface area (TPSA) is 45.7 Å². The fourth-order valence-electron chi connectivity index (χ4n) is 1.90. The van der Waals surface area contributed by atoms with Gasteiger partial charge in [-0.25, -0.2) is 0 Å². The van der Waals surface area contributed by atoms with E-state index in [1.165, 1.54) is 5.56 Å². The molecule has 0 bridgehead atoms. The maximum absolute atomic E-state index is 5.38. The molecular formula is C17H29N3OS. The van der Waals surface area contributed by atoms with Gasteiger partial charge in [0.1, 0.15) is 5.75 Å². The summed E-state index contributed by atoms with van der Waals surface area (Å²) in [7, 11) is 1.71. The number of hydrogen-bond donors (Lipinski definition) is 2. The van der Waals surface area contributed by atoms with Crippen LogP contribution in [0.25, 0.3) is 0 Å². The molecule has 0 aliphatic rings. The fourth-order valence-corrected chi connectivity index (χ4v) is 2.09. The first-order valence-corrected chi connectivity index (χ1v) is 8.94. The second-order valence-corrected chi connectivity index (χ2v) is 7.16. The Kier molecular flexibility index (Phi) is 8.17. The molecule has 0 spiro atoms. The van der Waals surface area contributed by atoms with Crippen molar-refractivity contribution >= 4 is 17.7 Å². The number of rotatable bonds is 8. The van der Waals surface area contributed by atoms with Crippen molar-refractivity contribution in [1.82, 2.24) is 10.6 Å². The number of nitrogens with one attached hydrogen (secondary N) is 2. The third-order valence-corrected chi connectivity index (χ3v) is 4.63. The lowest BCUT2D eigenvalue weighted by Gasteiger charge is -2.20. The van der Waals surface area contributed by atoms with Gasteiger partial charge in [-0.1, -0.05) is 18.2 Å². The van der Waals surface area contributed by atoms with E-state index < -0.39 is 0 Å². The zero-order chi connectivity index (χ0) is 16.4. The van der Waals surface area contributed by atoms with Crippen LogP contribution in [0.15, 0.2) is 29.3 Å². The molecule has 0 unspecified atom stereocenters. The van der Waals surface area contributed by atoms with Crippen LogP contribution in [-0.4, -0.2) is 43.7 Å². The zero-order valence-corrected chi connectivity index (χ0v) is 15.2. The summed E-state index contributed by atoms with van der Waals surface area (Å²) in [6.45, 7) is 8.97. The lowest BCUT2D eigenvalue weighted by Crippen LogP contribution is -2.39. The Morgan fingerprint density at radius 3 is 2.64 bits per heavy atom. The van der Waals surface area contributed by atoms with Gasteiger partial charge < -0.3 is 15.4 Å². The van der Waals surface area contributed by atoms with Crippen LogP contribution in [0.3, 0.4) is 0 Å². The summed E-state index contributed by atoms with van der Waals surface area (Å²) in [4.78, 5) is 4.67. The first-order valence-electron chi connectivity index (χ1n) is 7.71. The van der Waals surface area contributed by atoms with Gasteiger partial charge in [0.25, 0.3) is 0 Å². The van der Waals surface area contributed by atoms with Crippen LogP contribution < -0.4 is 15.4 Å². The van der Waals surface area contributed by atoms with E-state index in [4.69, 9.17) is 4.74 Å². The Balaban J connectivity index is 2.56. The van der Waals surface area contributed by atoms with E-state index in [2.05, 4.69) is 48.7 Å². The number of hydrogen-bond acceptors (Lipinski definition) is 3. The third kappa shape index (κ3) is 6.60. The van der Waals surface area contributed by atoms with Crippen molar-refractivity contribution in [3.05, 3.63) is 29.8 Å². The average Bonchev–Trinajstić information content (AvgIpc) is 2.53. The number of methoxy groups -OCH3 is 1. The zero-order valence-electron chi connectivity index (χ0n) is 14.4. The first kappa shape index (κ1) is 18.7. The van der Waals surface area contributed by atoms with E-state index in [-0.39, 0.29) is 4.75 Å². The highest BCUT2D eigenvalue weighted by molar-refractivity contribution is 7.99. The van der Waals surface area contributed by atoms with Gasteiger partial charge in [-0.15, -0.1) is 0 Å². The van der Waals surface area contributed by atoms with Crippen LogP contribution in [-0.2, 0) is 6.42 Å². The number of para-hydroxylation sites is 1. The second-order valence-electron chi connectivity index (χ2n) is 5.65. The molecule has 0 aliphatic heterocycles. The molecule has 2 N–H and O–H groups in total. The Labute approximate surface area is 139 Å². The standard InChI is InChI=1S/C17H29N3OS/c1-6-18-16(20-13-17(2,3)22-5)19-12-11-14-9-7-8-10-15(14)21-4/h7-10H,6,11-13H2,1-5H3,(H2,18,19,20). The van der Waals surface area contributed by atoms with E-state index >= 15 is 0 Å². The summed E-state index contributed by atoms with van der Waals surface area (Å²) in [5.41, 5.74) is 1.21. The molecule has 0 aliphatic carbocycles. The molecule has 5 heteroatoms. The van der Waals surface area contributed by atoms with Crippen LogP contribution >= 0.6 is 11.8 Å². The quantitative estimate of drug-likeness (QED) is 0.570. The molecule has 0 radical (unpaired) electrons. The molecule has 1 aromatic carbocycles. The van der Waals surface area contributed by atoms with Crippen molar-refractivity contribution in [3.8, 4) is 5.75 Å². The second kappa shape index (κ2) is 9.62. The van der Waals surface area contributed by atoms with Gasteiger partial charge in [-0.05, 0) is 45.1 Å². The van der Waals surface area contributed by atoms with Gasteiger partial charge in [0, 0.05) is 17.8 Å². The van der Waals surface area contributed by atoms with Gasteiger partial charge >= 0.3 is 0 Å². The molecule has 4 nitrogen and oxygen atoms in total. The minimum absolute atomic E-state index is 0.158. The molecule has 1 aromatic rings. The van der Waals surface area contributed by atoms with Crippen LogP contribution in [0.2, 0.25) is 0 Å². The van der Waals surface area contributed by atoms with Gasteiger partial charge in [0.15, 0.2) is 5.96 Å². The Morgan fingerprint density at radius 2 is 2.00 bits per heavy atom. The van der Waals surface area contributed by atoms with Crippen molar-refractivity contribution in [3.63, 3.8) is 0 Å². The summed E-state index contributed by atoms with van der Waals surface area (Å²) in [5.74, 6) is 1.81. The molecule has 0 aromatic heterocycles. The van der Waals surface area contributed by atoms with Crippen molar-refractivity contribution in [2.24, 2.45) is 4.99 Å². The highest BCUT2D eigenvalue weighted by Crippen LogP contribution is 2.21. The average molecular weight is 324 g/mol. The van der Waals surface area contributed by atoms with Crippen molar-refractivity contribution < 1.29 is 4.74 Å². The lowest BCUT2D eigenvalue weighted by atomic mass is 10.1. The summed E-state index contributed by atoms with van der Waals surface area (Å²) in [5, 5.41) is 6.68. The summed E-state index contributed by atoms with van der Waals surface area (Å²) >= 11 is 1.83. The van der Waals surface area contributed by atoms with Crippen molar-refractivity contribution in [2.45, 2.75) is 31.9 Å². The van der Waals surface area contributed by atoms with Crippen LogP contribution in [0.4, 0.5) is 0 Å². The molecular weight excluding hydrogens is 294 g/mol. The molecule has 0 heterocycles. The maximum atomic E-state index is 5.38. The van der Waals surface area contributed by atoms with E-state index in [1.807, 2.05) is 30.0 Å². The smallest absolute Gasteiger partial charge is 0.191 e. The first-order chi connectivity index (χ1) is 10.5. The summed E-state index contributed by atoms with van der Waals surface area (Å²) in [6.07, 6.45) is 3.03. The monoisotopic (exact) mass is 323 g/mol. The van der Waals surface area contributed by atoms with Crippen molar-refractivity contribution in [1.29, 1.82) is 0 Å². The molecule has 1 rings (SSSR count). The molecule has 0 saturated carbocycles. The highest BCUT2D eigenvalue weighted by atomic mass is 32.2. The minimum Gasteiger partial charge on any atom is -0.496 e. The summed E-state index contributed by atoms with van der Waals surface area (Å²) in [6, 6.07) is 8.13. The predicted octanol–water partition coefficient (Wildman–Crippen LogP) is 2.93. The van der Waals surface area contributed by atoms with Crippen LogP contribution in [0.1, 0.15) is 26.3 Å². The van der Waals surface area contributed by atoms with Gasteiger partial charge in [-0.2, -0.15) is 11.8 Å². The Hall–Kier alpha value is -1.36. The van der Waals surface area contributed by atoms with E-state index in [0.717, 1.165) is 37.8 Å². The van der Waals surface area contributed by atoms with Crippen molar-refractivity contribution in [2.75, 3.05) is 33.0 Å².